The van der Waals surface area contributed by atoms with Gasteiger partial charge in [-0.3, -0.25) is 4.98 Å². The van der Waals surface area contributed by atoms with E-state index in [1.807, 2.05) is 6.20 Å². The second-order valence-electron chi connectivity index (χ2n) is 4.22. The van der Waals surface area contributed by atoms with Gasteiger partial charge in [-0.25, -0.2) is 0 Å². The number of nitrogens with zero attached hydrogens (tertiary/aromatic N) is 1. The summed E-state index contributed by atoms with van der Waals surface area (Å²) in [6.07, 6.45) is 6.95. The van der Waals surface area contributed by atoms with E-state index in [-0.39, 0.29) is 0 Å². The molecule has 96 valence electrons. The van der Waals surface area contributed by atoms with Gasteiger partial charge in [0, 0.05) is 12.2 Å². The summed E-state index contributed by atoms with van der Waals surface area (Å²) in [6, 6.07) is 2.48. The van der Waals surface area contributed by atoms with Gasteiger partial charge in [-0.1, -0.05) is 20.8 Å². The number of pyridine rings is 1. The van der Waals surface area contributed by atoms with Crippen molar-refractivity contribution in [3.63, 3.8) is 0 Å². The molecular formula is C14H24N2O. The molecule has 1 heterocycles. The number of nitrogens with one attached hydrogen (secondary N) is 1. The van der Waals surface area contributed by atoms with Gasteiger partial charge in [0.1, 0.15) is 5.75 Å². The molecule has 0 spiro atoms. The highest BCUT2D eigenvalue weighted by Crippen LogP contribution is 2.20. The van der Waals surface area contributed by atoms with E-state index in [0.29, 0.717) is 6.04 Å². The van der Waals surface area contributed by atoms with Gasteiger partial charge >= 0.3 is 0 Å². The normalized spacial score (nSPS) is 12.4. The summed E-state index contributed by atoms with van der Waals surface area (Å²) in [5.74, 6) is 0.876. The van der Waals surface area contributed by atoms with E-state index < -0.39 is 0 Å². The average Bonchev–Trinajstić information content (AvgIpc) is 2.38. The highest BCUT2D eigenvalue weighted by Gasteiger charge is 2.09. The molecule has 0 aliphatic heterocycles. The van der Waals surface area contributed by atoms with Crippen molar-refractivity contribution in [2.24, 2.45) is 0 Å². The van der Waals surface area contributed by atoms with Crippen LogP contribution < -0.4 is 10.1 Å². The van der Waals surface area contributed by atoms with Gasteiger partial charge < -0.3 is 10.1 Å². The van der Waals surface area contributed by atoms with Crippen molar-refractivity contribution >= 4 is 0 Å². The van der Waals surface area contributed by atoms with Crippen molar-refractivity contribution in [3.05, 3.63) is 24.0 Å². The van der Waals surface area contributed by atoms with Crippen LogP contribution in [0.25, 0.3) is 0 Å². The van der Waals surface area contributed by atoms with Crippen LogP contribution in [0.5, 0.6) is 5.75 Å². The third-order valence-corrected chi connectivity index (χ3v) is 2.66. The minimum absolute atomic E-state index is 0.382. The van der Waals surface area contributed by atoms with Gasteiger partial charge in [0.2, 0.25) is 0 Å². The van der Waals surface area contributed by atoms with Gasteiger partial charge in [-0.2, -0.15) is 0 Å². The Balaban J connectivity index is 2.66. The molecule has 0 aromatic carbocycles. The van der Waals surface area contributed by atoms with Crippen molar-refractivity contribution in [3.8, 4) is 5.75 Å². The molecule has 0 aliphatic rings. The zero-order valence-corrected chi connectivity index (χ0v) is 11.2. The fourth-order valence-electron chi connectivity index (χ4n) is 1.74. The molecule has 0 saturated carbocycles. The predicted octanol–water partition coefficient (Wildman–Crippen LogP) is 3.32. The molecule has 0 amide bonds. The van der Waals surface area contributed by atoms with E-state index >= 15 is 0 Å². The van der Waals surface area contributed by atoms with Crippen LogP contribution in [-0.4, -0.2) is 18.1 Å². The smallest absolute Gasteiger partial charge is 0.137 e. The minimum atomic E-state index is 0.382. The first kappa shape index (κ1) is 14.0. The second kappa shape index (κ2) is 8.07. The Morgan fingerprint density at radius 2 is 2.06 bits per heavy atom. The molecule has 0 radical (unpaired) electrons. The molecule has 17 heavy (non-hydrogen) atoms. The molecule has 0 fully saturated rings. The lowest BCUT2D eigenvalue weighted by Gasteiger charge is -2.17. The van der Waals surface area contributed by atoms with Gasteiger partial charge in [-0.15, -0.1) is 0 Å². The first-order chi connectivity index (χ1) is 8.31. The number of aromatic nitrogens is 1. The van der Waals surface area contributed by atoms with Crippen molar-refractivity contribution in [1.82, 2.24) is 10.3 Å². The molecule has 3 heteroatoms. The van der Waals surface area contributed by atoms with E-state index in [0.717, 1.165) is 38.2 Å². The van der Waals surface area contributed by atoms with E-state index in [1.165, 1.54) is 5.56 Å². The molecule has 1 aromatic heterocycles. The van der Waals surface area contributed by atoms with Crippen LogP contribution in [0.4, 0.5) is 0 Å². The van der Waals surface area contributed by atoms with E-state index in [9.17, 15) is 0 Å². The highest BCUT2D eigenvalue weighted by atomic mass is 16.5. The number of ether oxygens (including phenoxy) is 1. The molecule has 0 saturated heterocycles. The van der Waals surface area contributed by atoms with Gasteiger partial charge in [-0.05, 0) is 37.4 Å². The summed E-state index contributed by atoms with van der Waals surface area (Å²) in [7, 11) is 0. The summed E-state index contributed by atoms with van der Waals surface area (Å²) in [4.78, 5) is 4.25. The maximum Gasteiger partial charge on any atom is 0.137 e. The summed E-state index contributed by atoms with van der Waals surface area (Å²) >= 11 is 0. The molecule has 1 atom stereocenters. The quantitative estimate of drug-likeness (QED) is 0.752. The SMILES string of the molecule is CCCNC(CC)c1cncc(OCCC)c1. The largest absolute Gasteiger partial charge is 0.492 e. The lowest BCUT2D eigenvalue weighted by Crippen LogP contribution is -2.21. The number of hydrogen-bond donors (Lipinski definition) is 1. The van der Waals surface area contributed by atoms with Gasteiger partial charge in [0.25, 0.3) is 0 Å². The molecule has 0 aliphatic carbocycles. The predicted molar refractivity (Wildman–Crippen MR) is 71.3 cm³/mol. The maximum absolute atomic E-state index is 5.60. The Kier molecular flexibility index (Phi) is 6.63. The molecule has 3 nitrogen and oxygen atoms in total. The summed E-state index contributed by atoms with van der Waals surface area (Å²) in [6.45, 7) is 8.27. The molecule has 1 aromatic rings. The average molecular weight is 236 g/mol. The Morgan fingerprint density at radius 1 is 1.24 bits per heavy atom. The Bertz CT molecular complexity index is 315. The molecule has 1 N–H and O–H groups in total. The Labute approximate surface area is 105 Å². The standard InChI is InChI=1S/C14H24N2O/c1-4-7-16-14(6-3)12-9-13(11-15-10-12)17-8-5-2/h9-11,14,16H,4-8H2,1-3H3. The third kappa shape index (κ3) is 4.73. The van der Waals surface area contributed by atoms with Crippen LogP contribution in [0, 0.1) is 0 Å². The van der Waals surface area contributed by atoms with Crippen LogP contribution in [0.3, 0.4) is 0 Å². The Hall–Kier alpha value is -1.09. The first-order valence-electron chi connectivity index (χ1n) is 6.62. The maximum atomic E-state index is 5.60. The highest BCUT2D eigenvalue weighted by molar-refractivity contribution is 5.26. The Morgan fingerprint density at radius 3 is 2.71 bits per heavy atom. The van der Waals surface area contributed by atoms with Crippen molar-refractivity contribution < 1.29 is 4.74 Å². The third-order valence-electron chi connectivity index (χ3n) is 2.66. The van der Waals surface area contributed by atoms with Crippen molar-refractivity contribution in [2.75, 3.05) is 13.2 Å². The van der Waals surface area contributed by atoms with Crippen LogP contribution in [0.1, 0.15) is 51.6 Å². The van der Waals surface area contributed by atoms with Gasteiger partial charge in [0.05, 0.1) is 12.8 Å². The number of hydrogen-bond acceptors (Lipinski definition) is 3. The minimum Gasteiger partial charge on any atom is -0.492 e. The molecule has 1 rings (SSSR count). The van der Waals surface area contributed by atoms with E-state index in [2.05, 4.69) is 37.1 Å². The fraction of sp³-hybridized carbons (Fsp3) is 0.643. The zero-order chi connectivity index (χ0) is 12.5. The van der Waals surface area contributed by atoms with Crippen molar-refractivity contribution in [1.29, 1.82) is 0 Å². The monoisotopic (exact) mass is 236 g/mol. The first-order valence-corrected chi connectivity index (χ1v) is 6.62. The van der Waals surface area contributed by atoms with Crippen LogP contribution in [0.2, 0.25) is 0 Å². The van der Waals surface area contributed by atoms with Crippen LogP contribution >= 0.6 is 0 Å². The van der Waals surface area contributed by atoms with Crippen molar-refractivity contribution in [2.45, 2.75) is 46.1 Å². The molecular weight excluding hydrogens is 212 g/mol. The number of rotatable bonds is 8. The second-order valence-corrected chi connectivity index (χ2v) is 4.22. The zero-order valence-electron chi connectivity index (χ0n) is 11.2. The van der Waals surface area contributed by atoms with E-state index in [1.54, 1.807) is 6.20 Å². The fourth-order valence-corrected chi connectivity index (χ4v) is 1.74. The molecule has 1 unspecified atom stereocenters. The van der Waals surface area contributed by atoms with Gasteiger partial charge in [0.15, 0.2) is 0 Å². The summed E-state index contributed by atoms with van der Waals surface area (Å²) in [5.41, 5.74) is 1.22. The summed E-state index contributed by atoms with van der Waals surface area (Å²) in [5, 5.41) is 3.52. The topological polar surface area (TPSA) is 34.2 Å². The van der Waals surface area contributed by atoms with Crippen LogP contribution in [-0.2, 0) is 0 Å². The lowest BCUT2D eigenvalue weighted by molar-refractivity contribution is 0.315. The lowest BCUT2D eigenvalue weighted by atomic mass is 10.1. The summed E-state index contributed by atoms with van der Waals surface area (Å²) < 4.78 is 5.60. The molecule has 0 bridgehead atoms. The van der Waals surface area contributed by atoms with E-state index in [4.69, 9.17) is 4.74 Å². The van der Waals surface area contributed by atoms with Crippen LogP contribution in [0.15, 0.2) is 18.5 Å².